The van der Waals surface area contributed by atoms with Crippen molar-refractivity contribution in [3.63, 3.8) is 0 Å². The lowest BCUT2D eigenvalue weighted by molar-refractivity contribution is 0.0912. The fourth-order valence-electron chi connectivity index (χ4n) is 4.77. The second-order valence-electron chi connectivity index (χ2n) is 8.37. The zero-order valence-electron chi connectivity index (χ0n) is 17.3. The molecule has 2 fully saturated rings. The zero-order chi connectivity index (χ0) is 22.1. The standard InChI is InChI=1S/C25H22FN5O/c26-19-5-7-20(8-6-19)29-22-9-10-28-13-21(22)17-1-3-18(4-2-17)25(32)30-23-11-16-12-24(23)31(14-16)15-27/h1-10,13,16,23-24H,11-12,14H2,(H,28,29)(H,30,32). The molecule has 2 N–H and O–H groups in total. The largest absolute Gasteiger partial charge is 0.355 e. The van der Waals surface area contributed by atoms with E-state index in [0.29, 0.717) is 11.5 Å². The SMILES string of the molecule is N#CN1CC2CC(NC(=O)c3ccc(-c4cnccc4Nc4ccc(F)cc4)cc3)C1C2. The zero-order valence-corrected chi connectivity index (χ0v) is 17.3. The Kier molecular flexibility index (Phi) is 5.20. The average molecular weight is 427 g/mol. The van der Waals surface area contributed by atoms with Crippen LogP contribution in [0.4, 0.5) is 15.8 Å². The number of anilines is 2. The minimum Gasteiger partial charge on any atom is -0.355 e. The van der Waals surface area contributed by atoms with E-state index in [1.54, 1.807) is 41.6 Å². The second kappa shape index (κ2) is 8.31. The summed E-state index contributed by atoms with van der Waals surface area (Å²) in [6.07, 6.45) is 7.59. The first-order valence-electron chi connectivity index (χ1n) is 10.6. The Bertz CT molecular complexity index is 1170. The summed E-state index contributed by atoms with van der Waals surface area (Å²) >= 11 is 0. The number of likely N-dealkylation sites (tertiary alicyclic amines) is 1. The highest BCUT2D eigenvalue weighted by Crippen LogP contribution is 2.37. The molecule has 1 aliphatic carbocycles. The van der Waals surface area contributed by atoms with E-state index in [4.69, 9.17) is 0 Å². The maximum Gasteiger partial charge on any atom is 0.251 e. The van der Waals surface area contributed by atoms with Crippen LogP contribution in [0.2, 0.25) is 0 Å². The van der Waals surface area contributed by atoms with Crippen molar-refractivity contribution in [2.45, 2.75) is 24.9 Å². The molecular weight excluding hydrogens is 405 g/mol. The lowest BCUT2D eigenvalue weighted by Gasteiger charge is -2.29. The monoisotopic (exact) mass is 427 g/mol. The van der Waals surface area contributed by atoms with Crippen LogP contribution in [0.15, 0.2) is 67.0 Å². The molecule has 160 valence electrons. The fraction of sp³-hybridized carbons (Fsp3) is 0.240. The minimum absolute atomic E-state index is 0.0189. The van der Waals surface area contributed by atoms with Crippen molar-refractivity contribution >= 4 is 17.3 Å². The topological polar surface area (TPSA) is 81.1 Å². The predicted octanol–water partition coefficient (Wildman–Crippen LogP) is 4.30. The highest BCUT2D eigenvalue weighted by molar-refractivity contribution is 5.95. The number of nitriles is 1. The number of benzene rings is 2. The molecule has 1 aliphatic heterocycles. The molecule has 1 saturated heterocycles. The van der Waals surface area contributed by atoms with Crippen LogP contribution < -0.4 is 10.6 Å². The van der Waals surface area contributed by atoms with E-state index < -0.39 is 0 Å². The van der Waals surface area contributed by atoms with Gasteiger partial charge in [-0.2, -0.15) is 5.26 Å². The number of rotatable bonds is 5. The summed E-state index contributed by atoms with van der Waals surface area (Å²) in [5.74, 6) is 0.0814. The van der Waals surface area contributed by atoms with Crippen molar-refractivity contribution in [3.05, 3.63) is 78.4 Å². The van der Waals surface area contributed by atoms with Crippen molar-refractivity contribution in [2.75, 3.05) is 11.9 Å². The molecule has 2 aromatic carbocycles. The van der Waals surface area contributed by atoms with Gasteiger partial charge in [-0.05, 0) is 66.8 Å². The number of fused-ring (bicyclic) bond motifs is 2. The van der Waals surface area contributed by atoms with Crippen molar-refractivity contribution in [2.24, 2.45) is 5.92 Å². The third kappa shape index (κ3) is 3.87. The summed E-state index contributed by atoms with van der Waals surface area (Å²) in [6.45, 7) is 0.807. The van der Waals surface area contributed by atoms with Crippen LogP contribution >= 0.6 is 0 Å². The highest BCUT2D eigenvalue weighted by Gasteiger charge is 2.45. The molecule has 32 heavy (non-hydrogen) atoms. The van der Waals surface area contributed by atoms with Gasteiger partial charge in [0.15, 0.2) is 6.19 Å². The molecule has 3 aromatic rings. The molecule has 1 aromatic heterocycles. The van der Waals surface area contributed by atoms with Crippen molar-refractivity contribution in [1.29, 1.82) is 5.26 Å². The fourth-order valence-corrected chi connectivity index (χ4v) is 4.77. The Morgan fingerprint density at radius 3 is 2.59 bits per heavy atom. The summed E-state index contributed by atoms with van der Waals surface area (Å²) in [5, 5.41) is 15.7. The first kappa shape index (κ1) is 20.0. The van der Waals surface area contributed by atoms with Gasteiger partial charge in [0.1, 0.15) is 5.82 Å². The van der Waals surface area contributed by atoms with Gasteiger partial charge in [-0.1, -0.05) is 12.1 Å². The molecule has 2 aliphatic rings. The number of nitrogens with zero attached hydrogens (tertiary/aromatic N) is 3. The van der Waals surface area contributed by atoms with Gasteiger partial charge >= 0.3 is 0 Å². The Morgan fingerprint density at radius 1 is 1.09 bits per heavy atom. The van der Waals surface area contributed by atoms with Crippen LogP contribution in [0.5, 0.6) is 0 Å². The molecule has 2 heterocycles. The predicted molar refractivity (Wildman–Crippen MR) is 119 cm³/mol. The molecule has 3 unspecified atom stereocenters. The number of aromatic nitrogens is 1. The normalized spacial score (nSPS) is 21.2. The molecule has 5 rings (SSSR count). The molecule has 2 bridgehead atoms. The van der Waals surface area contributed by atoms with Gasteiger partial charge in [0.2, 0.25) is 0 Å². The van der Waals surface area contributed by atoms with E-state index in [1.165, 1.54) is 12.1 Å². The van der Waals surface area contributed by atoms with Crippen LogP contribution in [-0.4, -0.2) is 34.4 Å². The van der Waals surface area contributed by atoms with Gasteiger partial charge in [-0.3, -0.25) is 9.78 Å². The van der Waals surface area contributed by atoms with Gasteiger partial charge < -0.3 is 15.5 Å². The number of piperidine rings is 1. The Morgan fingerprint density at radius 2 is 1.88 bits per heavy atom. The quantitative estimate of drug-likeness (QED) is 0.593. The summed E-state index contributed by atoms with van der Waals surface area (Å²) in [5.41, 5.74) is 3.97. The number of pyridine rings is 1. The maximum atomic E-state index is 13.2. The molecule has 0 radical (unpaired) electrons. The minimum atomic E-state index is -0.287. The average Bonchev–Trinajstić information content (AvgIpc) is 3.41. The number of carbonyl (C=O) groups is 1. The smallest absolute Gasteiger partial charge is 0.251 e. The molecule has 7 heteroatoms. The van der Waals surface area contributed by atoms with E-state index in [9.17, 15) is 14.4 Å². The number of hydrogen-bond donors (Lipinski definition) is 2. The number of hydrogen-bond acceptors (Lipinski definition) is 5. The maximum absolute atomic E-state index is 13.2. The summed E-state index contributed by atoms with van der Waals surface area (Å²) in [4.78, 5) is 18.8. The Labute approximate surface area is 185 Å². The van der Waals surface area contributed by atoms with Crippen LogP contribution in [0, 0.1) is 23.2 Å². The van der Waals surface area contributed by atoms with E-state index in [0.717, 1.165) is 41.9 Å². The number of nitrogens with one attached hydrogen (secondary N) is 2. The van der Waals surface area contributed by atoms with Gasteiger partial charge in [0.25, 0.3) is 5.91 Å². The number of amides is 1. The van der Waals surface area contributed by atoms with E-state index >= 15 is 0 Å². The van der Waals surface area contributed by atoms with Crippen LogP contribution in [0.3, 0.4) is 0 Å². The molecule has 6 nitrogen and oxygen atoms in total. The molecule has 3 atom stereocenters. The van der Waals surface area contributed by atoms with Gasteiger partial charge in [0, 0.05) is 41.4 Å². The van der Waals surface area contributed by atoms with E-state index in [2.05, 4.69) is 21.8 Å². The van der Waals surface area contributed by atoms with Gasteiger partial charge in [-0.25, -0.2) is 4.39 Å². The molecule has 0 spiro atoms. The number of halogens is 1. The van der Waals surface area contributed by atoms with Gasteiger partial charge in [-0.15, -0.1) is 0 Å². The summed E-state index contributed by atoms with van der Waals surface area (Å²) in [7, 11) is 0. The molecular formula is C25H22FN5O. The number of carbonyl (C=O) groups excluding carboxylic acids is 1. The third-order valence-electron chi connectivity index (χ3n) is 6.33. The van der Waals surface area contributed by atoms with Crippen LogP contribution in [0.25, 0.3) is 11.1 Å². The Hall–Kier alpha value is -3.92. The lowest BCUT2D eigenvalue weighted by Crippen LogP contribution is -2.48. The van der Waals surface area contributed by atoms with Crippen molar-refractivity contribution in [3.8, 4) is 17.3 Å². The second-order valence-corrected chi connectivity index (χ2v) is 8.37. The van der Waals surface area contributed by atoms with Crippen molar-refractivity contribution < 1.29 is 9.18 Å². The van der Waals surface area contributed by atoms with Crippen molar-refractivity contribution in [1.82, 2.24) is 15.2 Å². The van der Waals surface area contributed by atoms with Crippen LogP contribution in [-0.2, 0) is 0 Å². The Balaban J connectivity index is 1.30. The molecule has 1 amide bonds. The van der Waals surface area contributed by atoms with E-state index in [1.807, 2.05) is 18.2 Å². The first-order chi connectivity index (χ1) is 15.6. The summed E-state index contributed by atoms with van der Waals surface area (Å²) in [6, 6.07) is 15.5. The van der Waals surface area contributed by atoms with Gasteiger partial charge in [0.05, 0.1) is 12.1 Å². The summed E-state index contributed by atoms with van der Waals surface area (Å²) < 4.78 is 13.2. The third-order valence-corrected chi connectivity index (χ3v) is 6.33. The van der Waals surface area contributed by atoms with Crippen LogP contribution in [0.1, 0.15) is 23.2 Å². The first-order valence-corrected chi connectivity index (χ1v) is 10.6. The molecule has 1 saturated carbocycles. The van der Waals surface area contributed by atoms with E-state index in [-0.39, 0.29) is 23.8 Å². The lowest BCUT2D eigenvalue weighted by atomic mass is 10.0. The highest BCUT2D eigenvalue weighted by atomic mass is 19.1.